The smallest absolute Gasteiger partial charge is 0.0785 e. The molecule has 0 radical (unpaired) electrons. The Labute approximate surface area is 101 Å². The molecule has 1 fully saturated rings. The average Bonchev–Trinajstić information content (AvgIpc) is 2.73. The van der Waals surface area contributed by atoms with Gasteiger partial charge in [0.15, 0.2) is 0 Å². The Balaban J connectivity index is 1.93. The van der Waals surface area contributed by atoms with Crippen molar-refractivity contribution in [3.63, 3.8) is 0 Å². The van der Waals surface area contributed by atoms with Crippen molar-refractivity contribution in [1.82, 2.24) is 9.78 Å². The van der Waals surface area contributed by atoms with Gasteiger partial charge >= 0.3 is 0 Å². The number of aliphatic hydroxyl groups is 1. The fraction of sp³-hybridized carbons (Fsp3) is 0.750. The van der Waals surface area contributed by atoms with E-state index >= 15 is 0 Å². The predicted octanol–water partition coefficient (Wildman–Crippen LogP) is 2.58. The number of hydrogen-bond acceptors (Lipinski definition) is 2. The second-order valence-corrected chi connectivity index (χ2v) is 5.63. The fourth-order valence-electron chi connectivity index (χ4n) is 2.72. The third kappa shape index (κ3) is 2.58. The lowest BCUT2D eigenvalue weighted by atomic mass is 9.92. The molecular formula is C12H19ClN2O. The maximum Gasteiger partial charge on any atom is 0.0785 e. The maximum absolute atomic E-state index is 9.96. The molecule has 0 amide bonds. The fourth-order valence-corrected chi connectivity index (χ4v) is 2.88. The third-order valence-corrected chi connectivity index (χ3v) is 3.77. The van der Waals surface area contributed by atoms with E-state index in [2.05, 4.69) is 18.9 Å². The number of rotatable bonds is 3. The van der Waals surface area contributed by atoms with Gasteiger partial charge < -0.3 is 5.11 Å². The van der Waals surface area contributed by atoms with E-state index in [1.54, 1.807) is 6.20 Å². The number of nitrogens with zero attached hydrogens (tertiary/aromatic N) is 2. The second kappa shape index (κ2) is 4.76. The van der Waals surface area contributed by atoms with E-state index in [9.17, 15) is 5.11 Å². The van der Waals surface area contributed by atoms with Gasteiger partial charge in [-0.2, -0.15) is 5.10 Å². The highest BCUT2D eigenvalue weighted by atomic mass is 35.5. The first-order valence-corrected chi connectivity index (χ1v) is 6.30. The normalized spacial score (nSPS) is 30.2. The molecule has 0 saturated heterocycles. The predicted molar refractivity (Wildman–Crippen MR) is 64.3 cm³/mol. The highest BCUT2D eigenvalue weighted by Crippen LogP contribution is 2.36. The van der Waals surface area contributed by atoms with Crippen molar-refractivity contribution in [2.75, 3.05) is 0 Å². The molecule has 16 heavy (non-hydrogen) atoms. The molecule has 4 heteroatoms. The van der Waals surface area contributed by atoms with Gasteiger partial charge in [-0.15, -0.1) is 0 Å². The minimum Gasteiger partial charge on any atom is -0.393 e. The van der Waals surface area contributed by atoms with Crippen LogP contribution in [0.3, 0.4) is 0 Å². The monoisotopic (exact) mass is 242 g/mol. The van der Waals surface area contributed by atoms with Crippen LogP contribution in [0.25, 0.3) is 0 Å². The maximum atomic E-state index is 9.96. The van der Waals surface area contributed by atoms with Crippen molar-refractivity contribution >= 4 is 11.6 Å². The van der Waals surface area contributed by atoms with Crippen LogP contribution in [0, 0.1) is 17.8 Å². The van der Waals surface area contributed by atoms with Crippen molar-refractivity contribution in [3.05, 3.63) is 17.4 Å². The molecule has 3 nitrogen and oxygen atoms in total. The number of aliphatic hydroxyl groups excluding tert-OH is 1. The SMILES string of the molecule is CC(C)C1CC(Cn2cc(Cl)cn2)CC1O. The van der Waals surface area contributed by atoms with E-state index in [0.29, 0.717) is 22.8 Å². The van der Waals surface area contributed by atoms with E-state index < -0.39 is 0 Å². The molecule has 2 rings (SSSR count). The largest absolute Gasteiger partial charge is 0.393 e. The molecule has 1 aliphatic carbocycles. The summed E-state index contributed by atoms with van der Waals surface area (Å²) in [6, 6.07) is 0. The van der Waals surface area contributed by atoms with Crippen molar-refractivity contribution in [2.45, 2.75) is 39.3 Å². The first kappa shape index (κ1) is 11.9. The highest BCUT2D eigenvalue weighted by Gasteiger charge is 2.34. The molecule has 0 aromatic carbocycles. The summed E-state index contributed by atoms with van der Waals surface area (Å²) in [5.74, 6) is 1.52. The molecule has 1 heterocycles. The summed E-state index contributed by atoms with van der Waals surface area (Å²) in [7, 11) is 0. The Morgan fingerprint density at radius 2 is 2.31 bits per heavy atom. The van der Waals surface area contributed by atoms with E-state index in [1.165, 1.54) is 0 Å². The summed E-state index contributed by atoms with van der Waals surface area (Å²) in [6.07, 6.45) is 5.34. The van der Waals surface area contributed by atoms with Crippen LogP contribution >= 0.6 is 11.6 Å². The topological polar surface area (TPSA) is 38.0 Å². The molecule has 90 valence electrons. The number of halogens is 1. The third-order valence-electron chi connectivity index (χ3n) is 3.58. The molecule has 3 atom stereocenters. The molecule has 1 aromatic heterocycles. The highest BCUT2D eigenvalue weighted by molar-refractivity contribution is 6.30. The first-order valence-electron chi connectivity index (χ1n) is 5.92. The van der Waals surface area contributed by atoms with Crippen LogP contribution in [-0.2, 0) is 6.54 Å². The van der Waals surface area contributed by atoms with Crippen molar-refractivity contribution in [3.8, 4) is 0 Å². The molecule has 0 aliphatic heterocycles. The van der Waals surface area contributed by atoms with Gasteiger partial charge in [0.25, 0.3) is 0 Å². The van der Waals surface area contributed by atoms with Crippen molar-refractivity contribution in [1.29, 1.82) is 0 Å². The summed E-state index contributed by atoms with van der Waals surface area (Å²) < 4.78 is 1.88. The lowest BCUT2D eigenvalue weighted by Gasteiger charge is -2.17. The second-order valence-electron chi connectivity index (χ2n) is 5.19. The first-order chi connectivity index (χ1) is 7.56. The quantitative estimate of drug-likeness (QED) is 0.885. The van der Waals surface area contributed by atoms with Crippen LogP contribution in [0.2, 0.25) is 5.02 Å². The lowest BCUT2D eigenvalue weighted by molar-refractivity contribution is 0.107. The molecule has 1 aromatic rings. The molecule has 0 bridgehead atoms. The molecule has 1 saturated carbocycles. The summed E-state index contributed by atoms with van der Waals surface area (Å²) in [5, 5.41) is 14.8. The molecule has 3 unspecified atom stereocenters. The van der Waals surface area contributed by atoms with Crippen molar-refractivity contribution < 1.29 is 5.11 Å². The standard InChI is InChI=1S/C12H19ClN2O/c1-8(2)11-3-9(4-12(11)16)6-15-7-10(13)5-14-15/h5,7-9,11-12,16H,3-4,6H2,1-2H3. The van der Waals surface area contributed by atoms with E-state index in [-0.39, 0.29) is 6.10 Å². The van der Waals surface area contributed by atoms with Gasteiger partial charge in [-0.1, -0.05) is 25.4 Å². The van der Waals surface area contributed by atoms with E-state index in [0.717, 1.165) is 19.4 Å². The van der Waals surface area contributed by atoms with Gasteiger partial charge in [-0.3, -0.25) is 4.68 Å². The summed E-state index contributed by atoms with van der Waals surface area (Å²) in [5.41, 5.74) is 0. The number of aromatic nitrogens is 2. The Bertz CT molecular complexity index is 351. The van der Waals surface area contributed by atoms with Crippen LogP contribution in [-0.4, -0.2) is 21.0 Å². The molecule has 1 aliphatic rings. The Kier molecular flexibility index (Phi) is 3.55. The Morgan fingerprint density at radius 3 is 2.81 bits per heavy atom. The summed E-state index contributed by atoms with van der Waals surface area (Å²) in [4.78, 5) is 0. The van der Waals surface area contributed by atoms with Crippen LogP contribution in [0.15, 0.2) is 12.4 Å². The van der Waals surface area contributed by atoms with Gasteiger partial charge in [-0.05, 0) is 30.6 Å². The molecular weight excluding hydrogens is 224 g/mol. The van der Waals surface area contributed by atoms with Crippen LogP contribution in [0.5, 0.6) is 0 Å². The molecule has 0 spiro atoms. The zero-order valence-electron chi connectivity index (χ0n) is 9.81. The molecule has 1 N–H and O–H groups in total. The van der Waals surface area contributed by atoms with E-state index in [4.69, 9.17) is 11.6 Å². The van der Waals surface area contributed by atoms with Crippen LogP contribution in [0.4, 0.5) is 0 Å². The van der Waals surface area contributed by atoms with Gasteiger partial charge in [0.05, 0.1) is 17.3 Å². The van der Waals surface area contributed by atoms with Crippen molar-refractivity contribution in [2.24, 2.45) is 17.8 Å². The minimum atomic E-state index is -0.143. The zero-order chi connectivity index (χ0) is 11.7. The van der Waals surface area contributed by atoms with Gasteiger partial charge in [0, 0.05) is 12.7 Å². The lowest BCUT2D eigenvalue weighted by Crippen LogP contribution is -2.18. The Hall–Kier alpha value is -0.540. The van der Waals surface area contributed by atoms with Gasteiger partial charge in [0.1, 0.15) is 0 Å². The summed E-state index contributed by atoms with van der Waals surface area (Å²) >= 11 is 5.82. The Morgan fingerprint density at radius 1 is 1.56 bits per heavy atom. The number of hydrogen-bond donors (Lipinski definition) is 1. The zero-order valence-corrected chi connectivity index (χ0v) is 10.6. The summed E-state index contributed by atoms with van der Waals surface area (Å²) in [6.45, 7) is 5.23. The van der Waals surface area contributed by atoms with Crippen LogP contribution in [0.1, 0.15) is 26.7 Å². The van der Waals surface area contributed by atoms with E-state index in [1.807, 2.05) is 10.9 Å². The average molecular weight is 243 g/mol. The van der Waals surface area contributed by atoms with Crippen LogP contribution < -0.4 is 0 Å². The van der Waals surface area contributed by atoms with Gasteiger partial charge in [-0.25, -0.2) is 0 Å². The minimum absolute atomic E-state index is 0.143. The van der Waals surface area contributed by atoms with Gasteiger partial charge in [0.2, 0.25) is 0 Å².